The lowest BCUT2D eigenvalue weighted by Crippen LogP contribution is -2.18. The Kier molecular flexibility index (Phi) is 5.73. The Labute approximate surface area is 142 Å². The van der Waals surface area contributed by atoms with E-state index in [0.717, 1.165) is 5.56 Å². The highest BCUT2D eigenvalue weighted by Gasteiger charge is 2.09. The summed E-state index contributed by atoms with van der Waals surface area (Å²) in [7, 11) is 0. The molecule has 0 aliphatic heterocycles. The van der Waals surface area contributed by atoms with Crippen molar-refractivity contribution in [3.8, 4) is 5.75 Å². The van der Waals surface area contributed by atoms with Crippen LogP contribution in [0.1, 0.15) is 22.8 Å². The van der Waals surface area contributed by atoms with Crippen LogP contribution >= 0.6 is 23.2 Å². The first-order chi connectivity index (χ1) is 11.0. The van der Waals surface area contributed by atoms with Gasteiger partial charge in [0.2, 0.25) is 0 Å². The number of rotatable bonds is 4. The van der Waals surface area contributed by atoms with Crippen LogP contribution in [0.25, 0.3) is 0 Å². The molecule has 0 unspecified atom stereocenters. The van der Waals surface area contributed by atoms with Crippen molar-refractivity contribution in [2.45, 2.75) is 6.92 Å². The molecular weight excluding hydrogens is 339 g/mol. The third-order valence-corrected chi connectivity index (χ3v) is 3.24. The van der Waals surface area contributed by atoms with E-state index in [-0.39, 0.29) is 10.6 Å². The molecule has 0 atom stereocenters. The molecule has 2 rings (SSSR count). The van der Waals surface area contributed by atoms with Gasteiger partial charge in [0.25, 0.3) is 5.91 Å². The van der Waals surface area contributed by atoms with Gasteiger partial charge in [-0.3, -0.25) is 9.59 Å². The van der Waals surface area contributed by atoms with Gasteiger partial charge < -0.3 is 4.74 Å². The highest BCUT2D eigenvalue weighted by Crippen LogP contribution is 2.20. The number of nitrogens with zero attached hydrogens (tertiary/aromatic N) is 1. The van der Waals surface area contributed by atoms with Crippen LogP contribution in [0.3, 0.4) is 0 Å². The number of halogens is 2. The number of nitrogens with one attached hydrogen (secondary N) is 1. The summed E-state index contributed by atoms with van der Waals surface area (Å²) in [4.78, 5) is 22.7. The maximum atomic E-state index is 11.9. The van der Waals surface area contributed by atoms with E-state index >= 15 is 0 Å². The largest absolute Gasteiger partial charge is 0.427 e. The average Bonchev–Trinajstić information content (AvgIpc) is 2.48. The number of hydrogen-bond acceptors (Lipinski definition) is 4. The predicted octanol–water partition coefficient (Wildman–Crippen LogP) is 3.68. The maximum Gasteiger partial charge on any atom is 0.308 e. The third-order valence-electron chi connectivity index (χ3n) is 2.70. The maximum absolute atomic E-state index is 11.9. The summed E-state index contributed by atoms with van der Waals surface area (Å²) in [5, 5.41) is 4.54. The first kappa shape index (κ1) is 17.0. The van der Waals surface area contributed by atoms with Crippen LogP contribution < -0.4 is 10.2 Å². The summed E-state index contributed by atoms with van der Waals surface area (Å²) in [5.41, 5.74) is 3.37. The molecule has 1 N–H and O–H groups in total. The predicted molar refractivity (Wildman–Crippen MR) is 89.3 cm³/mol. The third kappa shape index (κ3) is 5.09. The zero-order chi connectivity index (χ0) is 16.8. The molecule has 5 nitrogen and oxygen atoms in total. The standard InChI is InChI=1S/C16H12Cl2N2O3/c1-10(21)23-13-5-2-11(3-6-13)9-19-20-16(22)14-7-4-12(17)8-15(14)18/h2-9H,1H3,(H,20,22)/b19-9-. The number of ether oxygens (including phenoxy) is 1. The lowest BCUT2D eigenvalue weighted by atomic mass is 10.2. The van der Waals surface area contributed by atoms with Gasteiger partial charge in [0.15, 0.2) is 0 Å². The van der Waals surface area contributed by atoms with Crippen LogP contribution in [0.15, 0.2) is 47.6 Å². The zero-order valence-corrected chi connectivity index (χ0v) is 13.6. The zero-order valence-electron chi connectivity index (χ0n) is 12.0. The first-order valence-corrected chi connectivity index (χ1v) is 7.28. The number of esters is 1. The van der Waals surface area contributed by atoms with Gasteiger partial charge in [0.05, 0.1) is 16.8 Å². The number of hydrogen-bond donors (Lipinski definition) is 1. The van der Waals surface area contributed by atoms with E-state index < -0.39 is 11.9 Å². The van der Waals surface area contributed by atoms with E-state index in [9.17, 15) is 9.59 Å². The van der Waals surface area contributed by atoms with Crippen LogP contribution in [0.4, 0.5) is 0 Å². The normalized spacial score (nSPS) is 10.6. The van der Waals surface area contributed by atoms with Crippen LogP contribution in [0, 0.1) is 0 Å². The molecule has 0 aromatic heterocycles. The number of carbonyl (C=O) groups is 2. The highest BCUT2D eigenvalue weighted by atomic mass is 35.5. The fraction of sp³-hybridized carbons (Fsp3) is 0.0625. The average molecular weight is 351 g/mol. The van der Waals surface area contributed by atoms with Crippen LogP contribution in [-0.4, -0.2) is 18.1 Å². The number of benzene rings is 2. The van der Waals surface area contributed by atoms with Crippen molar-refractivity contribution >= 4 is 41.3 Å². The Bertz CT molecular complexity index is 758. The second-order valence-electron chi connectivity index (χ2n) is 4.49. The summed E-state index contributed by atoms with van der Waals surface area (Å²) < 4.78 is 4.91. The Morgan fingerprint density at radius 3 is 2.43 bits per heavy atom. The molecule has 0 bridgehead atoms. The highest BCUT2D eigenvalue weighted by molar-refractivity contribution is 6.36. The van der Waals surface area contributed by atoms with Crippen molar-refractivity contribution in [3.05, 3.63) is 63.6 Å². The summed E-state index contributed by atoms with van der Waals surface area (Å²) >= 11 is 11.7. The molecule has 0 fully saturated rings. The van der Waals surface area contributed by atoms with Gasteiger partial charge in [0, 0.05) is 11.9 Å². The number of carbonyl (C=O) groups excluding carboxylic acids is 2. The van der Waals surface area contributed by atoms with Crippen molar-refractivity contribution in [1.29, 1.82) is 0 Å². The van der Waals surface area contributed by atoms with Crippen molar-refractivity contribution in [2.75, 3.05) is 0 Å². The van der Waals surface area contributed by atoms with Gasteiger partial charge in [-0.1, -0.05) is 23.2 Å². The van der Waals surface area contributed by atoms with E-state index in [4.69, 9.17) is 27.9 Å². The Morgan fingerprint density at radius 2 is 1.83 bits per heavy atom. The van der Waals surface area contributed by atoms with Gasteiger partial charge in [0.1, 0.15) is 5.75 Å². The molecule has 2 aromatic rings. The Morgan fingerprint density at radius 1 is 1.13 bits per heavy atom. The molecule has 1 amide bonds. The van der Waals surface area contributed by atoms with Gasteiger partial charge in [-0.2, -0.15) is 5.10 Å². The summed E-state index contributed by atoms with van der Waals surface area (Å²) in [6.07, 6.45) is 1.46. The molecule has 0 saturated heterocycles. The molecule has 23 heavy (non-hydrogen) atoms. The quantitative estimate of drug-likeness (QED) is 0.395. The molecule has 0 radical (unpaired) electrons. The van der Waals surface area contributed by atoms with Crippen LogP contribution in [0.2, 0.25) is 10.0 Å². The van der Waals surface area contributed by atoms with Crippen molar-refractivity contribution in [2.24, 2.45) is 5.10 Å². The monoisotopic (exact) mass is 350 g/mol. The van der Waals surface area contributed by atoms with E-state index in [0.29, 0.717) is 10.8 Å². The minimum Gasteiger partial charge on any atom is -0.427 e. The van der Waals surface area contributed by atoms with Crippen molar-refractivity contribution in [1.82, 2.24) is 5.43 Å². The number of hydrazone groups is 1. The smallest absolute Gasteiger partial charge is 0.308 e. The summed E-state index contributed by atoms with van der Waals surface area (Å²) in [6.45, 7) is 1.33. The minimum absolute atomic E-state index is 0.246. The molecule has 0 aliphatic carbocycles. The lowest BCUT2D eigenvalue weighted by molar-refractivity contribution is -0.131. The van der Waals surface area contributed by atoms with Gasteiger partial charge in [-0.25, -0.2) is 5.43 Å². The summed E-state index contributed by atoms with van der Waals surface area (Å²) in [5.74, 6) is -0.399. The minimum atomic E-state index is -0.445. The fourth-order valence-electron chi connectivity index (χ4n) is 1.69. The van der Waals surface area contributed by atoms with Crippen LogP contribution in [0.5, 0.6) is 5.75 Å². The molecule has 0 aliphatic rings. The molecule has 0 heterocycles. The second kappa shape index (κ2) is 7.76. The molecular formula is C16H12Cl2N2O3. The van der Waals surface area contributed by atoms with Crippen molar-refractivity contribution in [3.63, 3.8) is 0 Å². The first-order valence-electron chi connectivity index (χ1n) is 6.52. The van der Waals surface area contributed by atoms with E-state index in [1.54, 1.807) is 30.3 Å². The van der Waals surface area contributed by atoms with E-state index in [1.165, 1.54) is 25.3 Å². The Balaban J connectivity index is 1.98. The second-order valence-corrected chi connectivity index (χ2v) is 5.33. The molecule has 118 valence electrons. The van der Waals surface area contributed by atoms with E-state index in [2.05, 4.69) is 10.5 Å². The van der Waals surface area contributed by atoms with Gasteiger partial charge >= 0.3 is 5.97 Å². The lowest BCUT2D eigenvalue weighted by Gasteiger charge is -2.03. The fourth-order valence-corrected chi connectivity index (χ4v) is 2.18. The molecule has 0 spiro atoms. The molecule has 2 aromatic carbocycles. The summed E-state index contributed by atoms with van der Waals surface area (Å²) in [6, 6.07) is 11.2. The van der Waals surface area contributed by atoms with Gasteiger partial charge in [-0.05, 0) is 48.0 Å². The number of amides is 1. The van der Waals surface area contributed by atoms with Crippen molar-refractivity contribution < 1.29 is 14.3 Å². The SMILES string of the molecule is CC(=O)Oc1ccc(/C=N\NC(=O)c2ccc(Cl)cc2Cl)cc1. The Hall–Kier alpha value is -2.37. The van der Waals surface area contributed by atoms with Crippen LogP contribution in [-0.2, 0) is 4.79 Å². The van der Waals surface area contributed by atoms with Gasteiger partial charge in [-0.15, -0.1) is 0 Å². The molecule has 0 saturated carbocycles. The van der Waals surface area contributed by atoms with E-state index in [1.807, 2.05) is 0 Å². The topological polar surface area (TPSA) is 67.8 Å². The molecule has 7 heteroatoms.